The summed E-state index contributed by atoms with van der Waals surface area (Å²) in [5.41, 5.74) is 2.81. The van der Waals surface area contributed by atoms with Gasteiger partial charge < -0.3 is 5.32 Å². The Morgan fingerprint density at radius 2 is 1.67 bits per heavy atom. The second kappa shape index (κ2) is 7.73. The lowest BCUT2D eigenvalue weighted by Gasteiger charge is -2.35. The normalized spacial score (nSPS) is 15.3. The molecule has 0 radical (unpaired) electrons. The minimum Gasteiger partial charge on any atom is -0.350 e. The number of hydrogen-bond acceptors (Lipinski definition) is 3. The molecule has 2 aromatic carbocycles. The van der Waals surface area contributed by atoms with Crippen LogP contribution in [0.3, 0.4) is 0 Å². The van der Waals surface area contributed by atoms with Gasteiger partial charge in [-0.15, -0.1) is 0 Å². The van der Waals surface area contributed by atoms with Gasteiger partial charge in [0, 0.05) is 16.7 Å². The predicted molar refractivity (Wildman–Crippen MR) is 122 cm³/mol. The van der Waals surface area contributed by atoms with Crippen LogP contribution in [0.5, 0.6) is 0 Å². The Morgan fingerprint density at radius 1 is 1.00 bits per heavy atom. The van der Waals surface area contributed by atoms with Crippen LogP contribution >= 0.6 is 0 Å². The standard InChI is InChI=1S/C24H32N2O3S/c1-7-17-12-13-20-19(14-17)18-10-8-9-11-21(18)30(28,29)26(20)15-22(27)25-24(5,6)16-23(2,3)4/h8-14H,7,15-16H2,1-6H3,(H,25,27). The van der Waals surface area contributed by atoms with Crippen LogP contribution in [0.25, 0.3) is 11.1 Å². The average Bonchev–Trinajstić information content (AvgIpc) is 2.62. The highest BCUT2D eigenvalue weighted by atomic mass is 32.2. The molecule has 1 aliphatic heterocycles. The van der Waals surface area contributed by atoms with E-state index in [1.54, 1.807) is 12.1 Å². The summed E-state index contributed by atoms with van der Waals surface area (Å²) >= 11 is 0. The smallest absolute Gasteiger partial charge is 0.265 e. The van der Waals surface area contributed by atoms with Gasteiger partial charge in [0.05, 0.1) is 10.6 Å². The number of sulfonamides is 1. The Kier molecular flexibility index (Phi) is 5.76. The molecular formula is C24H32N2O3S. The second-order valence-electron chi connectivity index (χ2n) is 9.88. The van der Waals surface area contributed by atoms with Crippen LogP contribution in [-0.2, 0) is 21.2 Å². The monoisotopic (exact) mass is 428 g/mol. The van der Waals surface area contributed by atoms with Crippen molar-refractivity contribution < 1.29 is 13.2 Å². The molecule has 0 fully saturated rings. The molecule has 0 aromatic heterocycles. The topological polar surface area (TPSA) is 66.5 Å². The van der Waals surface area contributed by atoms with Gasteiger partial charge in [0.2, 0.25) is 5.91 Å². The SMILES string of the molecule is CCc1ccc2c(c1)-c1ccccc1S(=O)(=O)N2CC(=O)NC(C)(C)CC(C)(C)C. The number of carbonyl (C=O) groups excluding carboxylic acids is 1. The van der Waals surface area contributed by atoms with E-state index in [1.807, 2.05) is 44.2 Å². The van der Waals surface area contributed by atoms with E-state index in [-0.39, 0.29) is 22.8 Å². The molecule has 1 N–H and O–H groups in total. The third kappa shape index (κ3) is 4.53. The van der Waals surface area contributed by atoms with Gasteiger partial charge in [-0.2, -0.15) is 0 Å². The van der Waals surface area contributed by atoms with E-state index in [0.717, 1.165) is 24.0 Å². The van der Waals surface area contributed by atoms with Crippen LogP contribution < -0.4 is 9.62 Å². The van der Waals surface area contributed by atoms with Crippen LogP contribution in [0.4, 0.5) is 5.69 Å². The zero-order valence-electron chi connectivity index (χ0n) is 18.7. The minimum absolute atomic E-state index is 0.0378. The lowest BCUT2D eigenvalue weighted by molar-refractivity contribution is -0.121. The third-order valence-electron chi connectivity index (χ3n) is 5.22. The molecule has 2 aromatic rings. The minimum atomic E-state index is -3.83. The lowest BCUT2D eigenvalue weighted by atomic mass is 9.82. The highest BCUT2D eigenvalue weighted by Gasteiger charge is 2.37. The Balaban J connectivity index is 1.98. The number of anilines is 1. The van der Waals surface area contributed by atoms with Gasteiger partial charge in [0.25, 0.3) is 10.0 Å². The molecule has 0 saturated heterocycles. The summed E-state index contributed by atoms with van der Waals surface area (Å²) in [6, 6.07) is 12.8. The molecule has 6 heteroatoms. The van der Waals surface area contributed by atoms with Crippen LogP contribution in [0, 0.1) is 5.41 Å². The first kappa shape index (κ1) is 22.3. The second-order valence-corrected chi connectivity index (χ2v) is 11.7. The Labute approximate surface area is 180 Å². The van der Waals surface area contributed by atoms with Crippen molar-refractivity contribution in [1.82, 2.24) is 5.32 Å². The number of hydrogen-bond donors (Lipinski definition) is 1. The van der Waals surface area contributed by atoms with Crippen LogP contribution in [0.15, 0.2) is 47.4 Å². The fourth-order valence-electron chi connectivity index (χ4n) is 4.49. The summed E-state index contributed by atoms with van der Waals surface area (Å²) < 4.78 is 28.0. The van der Waals surface area contributed by atoms with E-state index in [4.69, 9.17) is 0 Å². The first-order chi connectivity index (χ1) is 13.8. The van der Waals surface area contributed by atoms with Crippen molar-refractivity contribution in [3.8, 4) is 11.1 Å². The van der Waals surface area contributed by atoms with Gasteiger partial charge >= 0.3 is 0 Å². The van der Waals surface area contributed by atoms with E-state index in [2.05, 4.69) is 33.0 Å². The summed E-state index contributed by atoms with van der Waals surface area (Å²) in [7, 11) is -3.83. The van der Waals surface area contributed by atoms with E-state index in [9.17, 15) is 13.2 Å². The summed E-state index contributed by atoms with van der Waals surface area (Å²) in [5, 5.41) is 3.03. The highest BCUT2D eigenvalue weighted by Crippen LogP contribution is 2.43. The van der Waals surface area contributed by atoms with Crippen LogP contribution in [0.2, 0.25) is 0 Å². The molecule has 30 heavy (non-hydrogen) atoms. The Bertz CT molecular complexity index is 1070. The van der Waals surface area contributed by atoms with E-state index in [1.165, 1.54) is 4.31 Å². The van der Waals surface area contributed by atoms with E-state index < -0.39 is 15.6 Å². The van der Waals surface area contributed by atoms with Crippen molar-refractivity contribution >= 4 is 21.6 Å². The highest BCUT2D eigenvalue weighted by molar-refractivity contribution is 7.93. The van der Waals surface area contributed by atoms with Gasteiger partial charge in [-0.1, -0.05) is 52.0 Å². The number of aryl methyl sites for hydroxylation is 1. The van der Waals surface area contributed by atoms with Crippen molar-refractivity contribution in [2.24, 2.45) is 5.41 Å². The fraction of sp³-hybridized carbons (Fsp3) is 0.458. The Hall–Kier alpha value is -2.34. The average molecular weight is 429 g/mol. The number of benzene rings is 2. The maximum Gasteiger partial charge on any atom is 0.265 e. The molecule has 0 unspecified atom stereocenters. The van der Waals surface area contributed by atoms with Gasteiger partial charge in [-0.25, -0.2) is 8.42 Å². The number of amides is 1. The van der Waals surface area contributed by atoms with Crippen LogP contribution in [-0.4, -0.2) is 26.4 Å². The molecule has 0 aliphatic carbocycles. The molecule has 1 aliphatic rings. The quantitative estimate of drug-likeness (QED) is 0.747. The van der Waals surface area contributed by atoms with Crippen molar-refractivity contribution in [3.63, 3.8) is 0 Å². The first-order valence-corrected chi connectivity index (χ1v) is 11.8. The fourth-order valence-corrected chi connectivity index (χ4v) is 6.14. The molecule has 3 rings (SSSR count). The molecule has 0 saturated carbocycles. The van der Waals surface area contributed by atoms with E-state index in [0.29, 0.717) is 11.3 Å². The molecule has 1 heterocycles. The molecule has 5 nitrogen and oxygen atoms in total. The molecule has 0 spiro atoms. The molecule has 1 amide bonds. The number of nitrogens with zero attached hydrogens (tertiary/aromatic N) is 1. The summed E-state index contributed by atoms with van der Waals surface area (Å²) in [6.07, 6.45) is 1.63. The van der Waals surface area contributed by atoms with Crippen molar-refractivity contribution in [3.05, 3.63) is 48.0 Å². The summed E-state index contributed by atoms with van der Waals surface area (Å²) in [4.78, 5) is 13.2. The van der Waals surface area contributed by atoms with Gasteiger partial charge in [-0.05, 0) is 55.9 Å². The van der Waals surface area contributed by atoms with E-state index >= 15 is 0 Å². The zero-order chi connectivity index (χ0) is 22.3. The first-order valence-electron chi connectivity index (χ1n) is 10.4. The summed E-state index contributed by atoms with van der Waals surface area (Å²) in [6.45, 7) is 12.1. The molecular weight excluding hydrogens is 396 g/mol. The maximum absolute atomic E-state index is 13.4. The molecule has 0 bridgehead atoms. The number of nitrogens with one attached hydrogen (secondary N) is 1. The predicted octanol–water partition coefficient (Wildman–Crippen LogP) is 4.76. The summed E-state index contributed by atoms with van der Waals surface area (Å²) in [5.74, 6) is -0.308. The number of rotatable bonds is 5. The lowest BCUT2D eigenvalue weighted by Crippen LogP contribution is -2.50. The van der Waals surface area contributed by atoms with Gasteiger partial charge in [0.15, 0.2) is 0 Å². The largest absolute Gasteiger partial charge is 0.350 e. The third-order valence-corrected chi connectivity index (χ3v) is 7.04. The molecule has 0 atom stereocenters. The number of fused-ring (bicyclic) bond motifs is 3. The zero-order valence-corrected chi connectivity index (χ0v) is 19.6. The van der Waals surface area contributed by atoms with Gasteiger partial charge in [-0.3, -0.25) is 9.10 Å². The Morgan fingerprint density at radius 3 is 2.30 bits per heavy atom. The molecule has 162 valence electrons. The van der Waals surface area contributed by atoms with Crippen molar-refractivity contribution in [1.29, 1.82) is 0 Å². The number of carbonyl (C=O) groups is 1. The maximum atomic E-state index is 13.4. The van der Waals surface area contributed by atoms with Crippen LogP contribution in [0.1, 0.15) is 53.5 Å². The van der Waals surface area contributed by atoms with Crippen molar-refractivity contribution in [2.75, 3.05) is 10.8 Å². The van der Waals surface area contributed by atoms with Gasteiger partial charge in [0.1, 0.15) is 6.54 Å². The van der Waals surface area contributed by atoms with Crippen molar-refractivity contribution in [2.45, 2.75) is 64.8 Å².